The zero-order valence-corrected chi connectivity index (χ0v) is 12.3. The number of sulfonamides is 1. The number of nitrogens with one attached hydrogen (secondary N) is 1. The number of aryl methyl sites for hydroxylation is 1. The van der Waals surface area contributed by atoms with Gasteiger partial charge in [-0.1, -0.05) is 6.07 Å². The molecule has 0 heterocycles. The molecule has 0 aliphatic rings. The molecule has 2 rings (SSSR count). The van der Waals surface area contributed by atoms with Crippen LogP contribution < -0.4 is 4.72 Å². The average Bonchev–Trinajstić information content (AvgIpc) is 2.46. The van der Waals surface area contributed by atoms with Crippen molar-refractivity contribution in [2.24, 2.45) is 0 Å². The molecule has 0 saturated heterocycles. The maximum atomic E-state index is 13.6. The summed E-state index contributed by atoms with van der Waals surface area (Å²) in [5.41, 5.74) is -0.246. The number of nitrogens with zero attached hydrogens (tertiary/aromatic N) is 1. The molecule has 2 aromatic carbocycles. The number of nitro benzene ring substituents is 1. The highest BCUT2D eigenvalue weighted by atomic mass is 32.2. The average molecular weight is 346 g/mol. The fraction of sp³-hybridized carbons (Fsp3) is 0.0769. The zero-order chi connectivity index (χ0) is 17.4. The summed E-state index contributed by atoms with van der Waals surface area (Å²) in [4.78, 5) is 8.86. The summed E-state index contributed by atoms with van der Waals surface area (Å²) in [5, 5.41) is 10.7. The second-order valence-electron chi connectivity index (χ2n) is 4.54. The van der Waals surface area contributed by atoms with E-state index in [2.05, 4.69) is 0 Å². The van der Waals surface area contributed by atoms with Crippen LogP contribution in [0.5, 0.6) is 0 Å². The van der Waals surface area contributed by atoms with Crippen molar-refractivity contribution in [3.8, 4) is 0 Å². The SMILES string of the molecule is Cc1ccc([N+](=O)[O-])cc1NS(=O)(=O)c1ccc(F)c(F)c1F. The predicted octanol–water partition coefficient (Wildman–Crippen LogP) is 3.12. The molecule has 0 radical (unpaired) electrons. The fourth-order valence-electron chi connectivity index (χ4n) is 1.75. The van der Waals surface area contributed by atoms with Crippen molar-refractivity contribution in [3.63, 3.8) is 0 Å². The number of anilines is 1. The van der Waals surface area contributed by atoms with Crippen LogP contribution in [0.1, 0.15) is 5.56 Å². The summed E-state index contributed by atoms with van der Waals surface area (Å²) in [6.45, 7) is 1.46. The van der Waals surface area contributed by atoms with E-state index < -0.39 is 37.3 Å². The lowest BCUT2D eigenvalue weighted by Gasteiger charge is -2.11. The van der Waals surface area contributed by atoms with Crippen LogP contribution in [-0.2, 0) is 10.0 Å². The molecule has 23 heavy (non-hydrogen) atoms. The van der Waals surface area contributed by atoms with E-state index in [4.69, 9.17) is 0 Å². The molecule has 2 aromatic rings. The van der Waals surface area contributed by atoms with Crippen LogP contribution in [0.2, 0.25) is 0 Å². The number of hydrogen-bond donors (Lipinski definition) is 1. The quantitative estimate of drug-likeness (QED) is 0.523. The highest BCUT2D eigenvalue weighted by Crippen LogP contribution is 2.26. The van der Waals surface area contributed by atoms with Gasteiger partial charge in [0.25, 0.3) is 15.7 Å². The summed E-state index contributed by atoms with van der Waals surface area (Å²) < 4.78 is 65.8. The minimum Gasteiger partial charge on any atom is -0.279 e. The Morgan fingerprint density at radius 3 is 2.35 bits per heavy atom. The third-order valence-electron chi connectivity index (χ3n) is 2.97. The number of benzene rings is 2. The molecule has 0 amide bonds. The molecule has 0 spiro atoms. The lowest BCUT2D eigenvalue weighted by atomic mass is 10.2. The summed E-state index contributed by atoms with van der Waals surface area (Å²) in [5.74, 6) is -5.34. The van der Waals surface area contributed by atoms with Crippen LogP contribution in [0.3, 0.4) is 0 Å². The second-order valence-corrected chi connectivity index (χ2v) is 6.19. The fourth-order valence-corrected chi connectivity index (χ4v) is 2.94. The van der Waals surface area contributed by atoms with Gasteiger partial charge in [-0.2, -0.15) is 0 Å². The van der Waals surface area contributed by atoms with Gasteiger partial charge in [-0.25, -0.2) is 21.6 Å². The van der Waals surface area contributed by atoms with Gasteiger partial charge >= 0.3 is 0 Å². The Kier molecular flexibility index (Phi) is 4.28. The maximum Gasteiger partial charge on any atom is 0.271 e. The van der Waals surface area contributed by atoms with Crippen molar-refractivity contribution in [3.05, 3.63) is 63.5 Å². The second kappa shape index (κ2) is 5.88. The molecular formula is C13H9F3N2O4S. The van der Waals surface area contributed by atoms with E-state index in [1.165, 1.54) is 13.0 Å². The van der Waals surface area contributed by atoms with Gasteiger partial charge in [0.05, 0.1) is 10.6 Å². The van der Waals surface area contributed by atoms with Crippen LogP contribution in [0, 0.1) is 34.5 Å². The van der Waals surface area contributed by atoms with Crippen LogP contribution in [0.25, 0.3) is 0 Å². The number of nitro groups is 1. The molecule has 0 aliphatic heterocycles. The molecule has 6 nitrogen and oxygen atoms in total. The smallest absolute Gasteiger partial charge is 0.271 e. The summed E-state index contributed by atoms with van der Waals surface area (Å²) in [6, 6.07) is 4.41. The molecule has 1 N–H and O–H groups in total. The molecule has 122 valence electrons. The summed E-state index contributed by atoms with van der Waals surface area (Å²) in [6.07, 6.45) is 0. The first-order chi connectivity index (χ1) is 10.6. The van der Waals surface area contributed by atoms with E-state index >= 15 is 0 Å². The molecule has 0 saturated carbocycles. The standard InChI is InChI=1S/C13H9F3N2O4S/c1-7-2-3-8(18(19)20)6-10(7)17-23(21,22)11-5-4-9(14)12(15)13(11)16/h2-6,17H,1H3. The first kappa shape index (κ1) is 16.7. The van der Waals surface area contributed by atoms with Gasteiger partial charge in [0, 0.05) is 12.1 Å². The number of non-ortho nitro benzene ring substituents is 1. The number of halogens is 3. The van der Waals surface area contributed by atoms with Crippen molar-refractivity contribution < 1.29 is 26.5 Å². The van der Waals surface area contributed by atoms with Crippen LogP contribution in [0.15, 0.2) is 35.2 Å². The molecule has 0 aromatic heterocycles. The monoisotopic (exact) mass is 346 g/mol. The number of rotatable bonds is 4. The van der Waals surface area contributed by atoms with Gasteiger partial charge in [-0.05, 0) is 24.6 Å². The third kappa shape index (κ3) is 3.26. The molecule has 0 fully saturated rings. The van der Waals surface area contributed by atoms with Crippen molar-refractivity contribution in [1.82, 2.24) is 0 Å². The summed E-state index contributed by atoms with van der Waals surface area (Å²) in [7, 11) is -4.60. The Labute approximate surface area is 128 Å². The molecule has 0 aliphatic carbocycles. The van der Waals surface area contributed by atoms with Crippen molar-refractivity contribution in [2.75, 3.05) is 4.72 Å². The number of hydrogen-bond acceptors (Lipinski definition) is 4. The zero-order valence-electron chi connectivity index (χ0n) is 11.5. The first-order valence-electron chi connectivity index (χ1n) is 6.05. The van der Waals surface area contributed by atoms with Gasteiger partial charge < -0.3 is 0 Å². The Morgan fingerprint density at radius 2 is 1.74 bits per heavy atom. The highest BCUT2D eigenvalue weighted by Gasteiger charge is 2.25. The maximum absolute atomic E-state index is 13.6. The summed E-state index contributed by atoms with van der Waals surface area (Å²) >= 11 is 0. The third-order valence-corrected chi connectivity index (χ3v) is 4.35. The van der Waals surface area contributed by atoms with Gasteiger partial charge in [0.15, 0.2) is 17.5 Å². The normalized spacial score (nSPS) is 11.3. The molecule has 10 heteroatoms. The van der Waals surface area contributed by atoms with Crippen LogP contribution in [-0.4, -0.2) is 13.3 Å². The van der Waals surface area contributed by atoms with E-state index in [0.717, 1.165) is 12.1 Å². The first-order valence-corrected chi connectivity index (χ1v) is 7.53. The van der Waals surface area contributed by atoms with E-state index in [1.54, 1.807) is 0 Å². The Balaban J connectivity index is 2.49. The molecular weight excluding hydrogens is 337 g/mol. The highest BCUT2D eigenvalue weighted by molar-refractivity contribution is 7.92. The largest absolute Gasteiger partial charge is 0.279 e. The van der Waals surface area contributed by atoms with E-state index in [-0.39, 0.29) is 11.4 Å². The van der Waals surface area contributed by atoms with Crippen molar-refractivity contribution in [2.45, 2.75) is 11.8 Å². The van der Waals surface area contributed by atoms with Gasteiger partial charge in [-0.15, -0.1) is 0 Å². The van der Waals surface area contributed by atoms with Gasteiger partial charge in [0.2, 0.25) is 0 Å². The van der Waals surface area contributed by atoms with Crippen LogP contribution in [0.4, 0.5) is 24.5 Å². The Hall–Kier alpha value is -2.62. The minimum atomic E-state index is -4.60. The molecule has 0 unspecified atom stereocenters. The predicted molar refractivity (Wildman–Crippen MR) is 75.0 cm³/mol. The van der Waals surface area contributed by atoms with Crippen molar-refractivity contribution in [1.29, 1.82) is 0 Å². The van der Waals surface area contributed by atoms with E-state index in [0.29, 0.717) is 17.7 Å². The van der Waals surface area contributed by atoms with Crippen LogP contribution >= 0.6 is 0 Å². The van der Waals surface area contributed by atoms with Gasteiger partial charge in [0.1, 0.15) is 4.90 Å². The molecule has 0 atom stereocenters. The van der Waals surface area contributed by atoms with E-state index in [1.807, 2.05) is 4.72 Å². The lowest BCUT2D eigenvalue weighted by Crippen LogP contribution is -2.16. The van der Waals surface area contributed by atoms with E-state index in [9.17, 15) is 31.7 Å². The van der Waals surface area contributed by atoms with Gasteiger partial charge in [-0.3, -0.25) is 14.8 Å². The molecule has 0 bridgehead atoms. The topological polar surface area (TPSA) is 89.3 Å². The Bertz CT molecular complexity index is 900. The lowest BCUT2D eigenvalue weighted by molar-refractivity contribution is -0.384. The van der Waals surface area contributed by atoms with Crippen molar-refractivity contribution >= 4 is 21.4 Å². The Morgan fingerprint density at radius 1 is 1.09 bits per heavy atom. The minimum absolute atomic E-state index is 0.177.